The van der Waals surface area contributed by atoms with Gasteiger partial charge in [-0.15, -0.1) is 17.7 Å². The first-order chi connectivity index (χ1) is 19.0. The molecule has 41 heavy (non-hydrogen) atoms. The van der Waals surface area contributed by atoms with E-state index in [2.05, 4.69) is 90.2 Å². The summed E-state index contributed by atoms with van der Waals surface area (Å²) in [6, 6.07) is 21.1. The molecule has 2 heterocycles. The Morgan fingerprint density at radius 2 is 1.63 bits per heavy atom. The molecule has 0 saturated heterocycles. The molecule has 0 aliphatic rings. The number of nitrogens with zero attached hydrogens (tertiary/aromatic N) is 1. The number of carbonyl (C=O) groups is 1. The van der Waals surface area contributed by atoms with Crippen molar-refractivity contribution in [3.8, 4) is 11.3 Å². The third-order valence-electron chi connectivity index (χ3n) is 6.95. The number of furan rings is 1. The number of benzene rings is 3. The van der Waals surface area contributed by atoms with Gasteiger partial charge in [0.1, 0.15) is 5.58 Å². The third-order valence-corrected chi connectivity index (χ3v) is 6.95. The molecule has 0 atom stereocenters. The second kappa shape index (κ2) is 13.6. The maximum absolute atomic E-state index is 10.0. The Bertz CT molecular complexity index is 1710. The number of para-hydroxylation sites is 1. The van der Waals surface area contributed by atoms with Crippen molar-refractivity contribution in [3.05, 3.63) is 89.3 Å². The van der Waals surface area contributed by atoms with E-state index >= 15 is 0 Å². The number of hydrogen-bond donors (Lipinski definition) is 1. The fraction of sp³-hybridized carbons (Fsp3) is 0.333. The van der Waals surface area contributed by atoms with E-state index in [0.29, 0.717) is 17.8 Å². The standard InChI is InChI=1S/C31H32NO.C5H8O2.Ir/c1-18(2)13-21-11-12-24-25(14-21)28(20(5)6)17-32-30(24)27-16-22(19(3)4)15-26-23-9-7-8-10-29(23)33-31(26)27;1-4(6)3-5(2)7;/h7-12,14-15,17-20H,13H2,1-6H3;3,6H,1-2H3;/q-1;;/b;4-3-;. The van der Waals surface area contributed by atoms with Crippen LogP contribution in [0.15, 0.2) is 71.0 Å². The Kier molecular flexibility index (Phi) is 10.7. The van der Waals surface area contributed by atoms with E-state index in [-0.39, 0.29) is 31.6 Å². The molecule has 0 aliphatic carbocycles. The van der Waals surface area contributed by atoms with Crippen LogP contribution in [0.4, 0.5) is 0 Å². The number of carbonyl (C=O) groups excluding carboxylic acids is 1. The molecule has 0 amide bonds. The summed E-state index contributed by atoms with van der Waals surface area (Å²) < 4.78 is 6.40. The van der Waals surface area contributed by atoms with Gasteiger partial charge in [0, 0.05) is 37.8 Å². The van der Waals surface area contributed by atoms with E-state index in [4.69, 9.17) is 14.5 Å². The molecule has 0 aliphatic heterocycles. The maximum atomic E-state index is 10.0. The third kappa shape index (κ3) is 7.33. The molecule has 3 aromatic carbocycles. The molecule has 5 heteroatoms. The van der Waals surface area contributed by atoms with Crippen molar-refractivity contribution in [1.29, 1.82) is 0 Å². The minimum absolute atomic E-state index is 0. The van der Waals surface area contributed by atoms with Crippen LogP contribution in [0.3, 0.4) is 0 Å². The van der Waals surface area contributed by atoms with Crippen molar-refractivity contribution >= 4 is 38.5 Å². The quantitative estimate of drug-likeness (QED) is 0.108. The number of ketones is 1. The Morgan fingerprint density at radius 1 is 0.927 bits per heavy atom. The zero-order valence-electron chi connectivity index (χ0n) is 25.3. The van der Waals surface area contributed by atoms with E-state index in [1.807, 2.05) is 12.1 Å². The first-order valence-corrected chi connectivity index (χ1v) is 14.1. The van der Waals surface area contributed by atoms with Crippen LogP contribution in [0.5, 0.6) is 0 Å². The minimum Gasteiger partial charge on any atom is -0.512 e. The van der Waals surface area contributed by atoms with E-state index in [1.165, 1.54) is 47.4 Å². The summed E-state index contributed by atoms with van der Waals surface area (Å²) in [6.07, 6.45) is 4.31. The largest absolute Gasteiger partial charge is 0.512 e. The summed E-state index contributed by atoms with van der Waals surface area (Å²) in [5.74, 6) is 1.33. The molecule has 1 radical (unpaired) electrons. The van der Waals surface area contributed by atoms with Gasteiger partial charge in [-0.2, -0.15) is 0 Å². The van der Waals surface area contributed by atoms with E-state index in [0.717, 1.165) is 39.6 Å². The van der Waals surface area contributed by atoms with Gasteiger partial charge < -0.3 is 14.5 Å². The summed E-state index contributed by atoms with van der Waals surface area (Å²) in [5.41, 5.74) is 7.55. The van der Waals surface area contributed by atoms with Gasteiger partial charge in [-0.3, -0.25) is 4.79 Å². The normalized spacial score (nSPS) is 11.8. The van der Waals surface area contributed by atoms with Crippen LogP contribution in [0.1, 0.15) is 83.9 Å². The predicted octanol–water partition coefficient (Wildman–Crippen LogP) is 10.1. The zero-order chi connectivity index (χ0) is 29.1. The van der Waals surface area contributed by atoms with E-state index in [9.17, 15) is 4.79 Å². The number of hydrogen-bond acceptors (Lipinski definition) is 4. The maximum Gasteiger partial charge on any atom is 0.155 e. The predicted molar refractivity (Wildman–Crippen MR) is 167 cm³/mol. The molecule has 0 fully saturated rings. The Hall–Kier alpha value is -3.27. The van der Waals surface area contributed by atoms with E-state index < -0.39 is 0 Å². The first kappa shape index (κ1) is 32.2. The molecule has 1 N–H and O–H groups in total. The summed E-state index contributed by atoms with van der Waals surface area (Å²) in [4.78, 5) is 15.0. The molecule has 4 nitrogen and oxygen atoms in total. The second-order valence-corrected chi connectivity index (χ2v) is 11.7. The fourth-order valence-electron chi connectivity index (χ4n) is 5.13. The smallest absolute Gasteiger partial charge is 0.155 e. The molecular formula is C36H40IrNO3-. The SMILES string of the molecule is CC(=O)/C=C(/C)O.CC(C)Cc1ccc2c(-c3[c-]c(C(C)C)cc4c3oc3ccccc34)ncc(C(C)C)c2c1.[Ir]. The van der Waals surface area contributed by atoms with Crippen molar-refractivity contribution in [2.75, 3.05) is 0 Å². The topological polar surface area (TPSA) is 63.3 Å². The Morgan fingerprint density at radius 3 is 2.22 bits per heavy atom. The van der Waals surface area contributed by atoms with Crippen LogP contribution in [-0.4, -0.2) is 15.9 Å². The monoisotopic (exact) mass is 727 g/mol. The number of fused-ring (bicyclic) bond motifs is 4. The molecule has 0 saturated carbocycles. The summed E-state index contributed by atoms with van der Waals surface area (Å²) >= 11 is 0. The molecule has 5 aromatic rings. The van der Waals surface area contributed by atoms with Crippen LogP contribution in [0.25, 0.3) is 44.0 Å². The number of aliphatic hydroxyl groups excluding tert-OH is 1. The van der Waals surface area contributed by atoms with Gasteiger partial charge in [0.25, 0.3) is 0 Å². The van der Waals surface area contributed by atoms with Crippen LogP contribution in [-0.2, 0) is 31.3 Å². The van der Waals surface area contributed by atoms with Gasteiger partial charge in [0.05, 0.1) is 11.3 Å². The van der Waals surface area contributed by atoms with Crippen LogP contribution in [0, 0.1) is 12.0 Å². The van der Waals surface area contributed by atoms with Gasteiger partial charge in [0.15, 0.2) is 5.78 Å². The molecule has 0 bridgehead atoms. The van der Waals surface area contributed by atoms with Gasteiger partial charge in [-0.1, -0.05) is 88.9 Å². The number of aliphatic hydroxyl groups is 1. The van der Waals surface area contributed by atoms with Gasteiger partial charge >= 0.3 is 0 Å². The van der Waals surface area contributed by atoms with Crippen LogP contribution < -0.4 is 0 Å². The summed E-state index contributed by atoms with van der Waals surface area (Å²) in [6.45, 7) is 16.3. The molecule has 2 aromatic heterocycles. The van der Waals surface area contributed by atoms with E-state index in [1.54, 1.807) is 0 Å². The Labute approximate surface area is 257 Å². The van der Waals surface area contributed by atoms with Crippen LogP contribution in [0.2, 0.25) is 0 Å². The van der Waals surface area contributed by atoms with Crippen molar-refractivity contribution in [2.45, 2.75) is 73.6 Å². The average Bonchev–Trinajstić information content (AvgIpc) is 3.25. The Balaban J connectivity index is 0.000000516. The fourth-order valence-corrected chi connectivity index (χ4v) is 5.13. The van der Waals surface area contributed by atoms with Crippen molar-refractivity contribution in [2.24, 2.45) is 5.92 Å². The number of rotatable bonds is 6. The molecule has 0 spiro atoms. The summed E-state index contributed by atoms with van der Waals surface area (Å²) in [7, 11) is 0. The molecular weight excluding hydrogens is 687 g/mol. The van der Waals surface area contributed by atoms with Crippen LogP contribution >= 0.6 is 0 Å². The number of allylic oxidation sites excluding steroid dienone is 2. The van der Waals surface area contributed by atoms with Crippen molar-refractivity contribution < 1.29 is 34.4 Å². The molecule has 5 rings (SSSR count). The van der Waals surface area contributed by atoms with Crippen molar-refractivity contribution in [3.63, 3.8) is 0 Å². The number of aromatic nitrogens is 1. The first-order valence-electron chi connectivity index (χ1n) is 14.1. The second-order valence-electron chi connectivity index (χ2n) is 11.7. The van der Waals surface area contributed by atoms with Gasteiger partial charge in [0.2, 0.25) is 0 Å². The average molecular weight is 727 g/mol. The molecule has 217 valence electrons. The van der Waals surface area contributed by atoms with Crippen molar-refractivity contribution in [1.82, 2.24) is 4.98 Å². The zero-order valence-corrected chi connectivity index (χ0v) is 27.7. The summed E-state index contributed by atoms with van der Waals surface area (Å²) in [5, 5.41) is 13.1. The van der Waals surface area contributed by atoms with Gasteiger partial charge in [-0.05, 0) is 71.7 Å². The molecule has 0 unspecified atom stereocenters. The minimum atomic E-state index is -0.125. The van der Waals surface area contributed by atoms with Gasteiger partial charge in [-0.25, -0.2) is 0 Å². The number of pyridine rings is 1.